The summed E-state index contributed by atoms with van der Waals surface area (Å²) in [6.07, 6.45) is 1.04. The van der Waals surface area contributed by atoms with Gasteiger partial charge in [-0.2, -0.15) is 0 Å². The van der Waals surface area contributed by atoms with Gasteiger partial charge in [0.05, 0.1) is 0 Å². The van der Waals surface area contributed by atoms with Gasteiger partial charge in [0.1, 0.15) is 0 Å². The Kier molecular flexibility index (Phi) is 4.13. The normalized spacial score (nSPS) is 13.7. The summed E-state index contributed by atoms with van der Waals surface area (Å²) in [5.41, 5.74) is 4.91. The van der Waals surface area contributed by atoms with Gasteiger partial charge in [0.2, 0.25) is 0 Å². The van der Waals surface area contributed by atoms with E-state index in [-0.39, 0.29) is 0 Å². The van der Waals surface area contributed by atoms with E-state index in [2.05, 4.69) is 34.5 Å². The van der Waals surface area contributed by atoms with Crippen molar-refractivity contribution >= 4 is 34.6 Å². The number of hydrogen-bond donors (Lipinski definition) is 1. The highest BCUT2D eigenvalue weighted by Crippen LogP contribution is 2.22. The Labute approximate surface area is 135 Å². The number of aryl methyl sites for hydroxylation is 1. The Bertz CT molecular complexity index is 684. The standard InChI is InChI=1S/C17H17ClN2S/c1-12-10-15(18)6-7-16(12)19-17(21)20-9-8-13-4-2-3-5-14(13)11-20/h2-7,10H,8-9,11H2,1H3,(H,19,21). The number of nitrogens with zero attached hydrogens (tertiary/aromatic N) is 1. The highest BCUT2D eigenvalue weighted by atomic mass is 35.5. The highest BCUT2D eigenvalue weighted by molar-refractivity contribution is 7.80. The SMILES string of the molecule is Cc1cc(Cl)ccc1NC(=S)N1CCc2ccccc2C1. The number of rotatable bonds is 1. The zero-order valence-corrected chi connectivity index (χ0v) is 13.5. The first-order valence-corrected chi connectivity index (χ1v) is 7.81. The van der Waals surface area contributed by atoms with Crippen LogP contribution in [-0.4, -0.2) is 16.6 Å². The number of nitrogens with one attached hydrogen (secondary N) is 1. The maximum atomic E-state index is 5.99. The Morgan fingerprint density at radius 2 is 1.95 bits per heavy atom. The zero-order valence-electron chi connectivity index (χ0n) is 11.9. The Balaban J connectivity index is 1.72. The predicted molar refractivity (Wildman–Crippen MR) is 93.0 cm³/mol. The van der Waals surface area contributed by atoms with Crippen molar-refractivity contribution in [2.45, 2.75) is 19.9 Å². The number of fused-ring (bicyclic) bond motifs is 1. The summed E-state index contributed by atoms with van der Waals surface area (Å²) in [5, 5.41) is 4.86. The minimum Gasteiger partial charge on any atom is -0.344 e. The van der Waals surface area contributed by atoms with E-state index in [1.54, 1.807) is 0 Å². The third-order valence-corrected chi connectivity index (χ3v) is 4.44. The van der Waals surface area contributed by atoms with Crippen LogP contribution in [0.25, 0.3) is 0 Å². The number of thiocarbonyl (C=S) groups is 1. The molecule has 2 aromatic rings. The lowest BCUT2D eigenvalue weighted by Gasteiger charge is -2.31. The zero-order chi connectivity index (χ0) is 14.8. The summed E-state index contributed by atoms with van der Waals surface area (Å²) in [7, 11) is 0. The van der Waals surface area contributed by atoms with Crippen molar-refractivity contribution < 1.29 is 0 Å². The molecule has 1 N–H and O–H groups in total. The molecule has 0 bridgehead atoms. The van der Waals surface area contributed by atoms with Gasteiger partial charge in [0.15, 0.2) is 5.11 Å². The van der Waals surface area contributed by atoms with E-state index in [0.717, 1.165) is 40.9 Å². The van der Waals surface area contributed by atoms with Crippen LogP contribution in [0.4, 0.5) is 5.69 Å². The highest BCUT2D eigenvalue weighted by Gasteiger charge is 2.18. The molecule has 2 nitrogen and oxygen atoms in total. The van der Waals surface area contributed by atoms with Gasteiger partial charge in [-0.05, 0) is 60.5 Å². The lowest BCUT2D eigenvalue weighted by molar-refractivity contribution is 0.399. The van der Waals surface area contributed by atoms with Crippen LogP contribution in [0.2, 0.25) is 5.02 Å². The molecule has 0 amide bonds. The van der Waals surface area contributed by atoms with E-state index in [9.17, 15) is 0 Å². The minimum absolute atomic E-state index is 0.746. The first-order valence-electron chi connectivity index (χ1n) is 7.02. The molecule has 0 radical (unpaired) electrons. The van der Waals surface area contributed by atoms with Crippen LogP contribution in [-0.2, 0) is 13.0 Å². The molecule has 3 rings (SSSR count). The van der Waals surface area contributed by atoms with E-state index in [4.69, 9.17) is 23.8 Å². The lowest BCUT2D eigenvalue weighted by atomic mass is 10.0. The first-order chi connectivity index (χ1) is 10.1. The molecule has 108 valence electrons. The Morgan fingerprint density at radius 1 is 1.19 bits per heavy atom. The summed E-state index contributed by atoms with van der Waals surface area (Å²) in [4.78, 5) is 2.21. The van der Waals surface area contributed by atoms with E-state index < -0.39 is 0 Å². The second-order valence-electron chi connectivity index (χ2n) is 5.33. The van der Waals surface area contributed by atoms with Crippen molar-refractivity contribution in [3.63, 3.8) is 0 Å². The van der Waals surface area contributed by atoms with Gasteiger partial charge in [0, 0.05) is 23.8 Å². The first kappa shape index (κ1) is 14.4. The molecule has 0 aliphatic carbocycles. The van der Waals surface area contributed by atoms with Gasteiger partial charge < -0.3 is 10.2 Å². The maximum Gasteiger partial charge on any atom is 0.173 e. The largest absolute Gasteiger partial charge is 0.344 e. The van der Waals surface area contributed by atoms with Crippen LogP contribution in [0.1, 0.15) is 16.7 Å². The minimum atomic E-state index is 0.746. The van der Waals surface area contributed by atoms with Crippen molar-refractivity contribution in [1.29, 1.82) is 0 Å². The van der Waals surface area contributed by atoms with Gasteiger partial charge in [0.25, 0.3) is 0 Å². The molecule has 2 aromatic carbocycles. The van der Waals surface area contributed by atoms with Gasteiger partial charge in [-0.15, -0.1) is 0 Å². The monoisotopic (exact) mass is 316 g/mol. The van der Waals surface area contributed by atoms with Crippen LogP contribution in [0.15, 0.2) is 42.5 Å². The molecular weight excluding hydrogens is 300 g/mol. The molecular formula is C17H17ClN2S. The molecule has 0 atom stereocenters. The number of benzene rings is 2. The molecule has 0 fully saturated rings. The van der Waals surface area contributed by atoms with Crippen molar-refractivity contribution in [2.75, 3.05) is 11.9 Å². The summed E-state index contributed by atoms with van der Waals surface area (Å²) in [6, 6.07) is 14.4. The fourth-order valence-corrected chi connectivity index (χ4v) is 3.12. The summed E-state index contributed by atoms with van der Waals surface area (Å²) < 4.78 is 0. The smallest absolute Gasteiger partial charge is 0.173 e. The Hall–Kier alpha value is -1.58. The number of hydrogen-bond acceptors (Lipinski definition) is 1. The second-order valence-corrected chi connectivity index (χ2v) is 6.15. The number of anilines is 1. The van der Waals surface area contributed by atoms with E-state index >= 15 is 0 Å². The lowest BCUT2D eigenvalue weighted by Crippen LogP contribution is -2.38. The molecule has 0 saturated carbocycles. The van der Waals surface area contributed by atoms with Crippen LogP contribution >= 0.6 is 23.8 Å². The van der Waals surface area contributed by atoms with Crippen molar-refractivity contribution in [1.82, 2.24) is 4.90 Å². The second kappa shape index (κ2) is 6.04. The Morgan fingerprint density at radius 3 is 2.71 bits per heavy atom. The van der Waals surface area contributed by atoms with E-state index in [0.29, 0.717) is 0 Å². The number of halogens is 1. The fourth-order valence-electron chi connectivity index (χ4n) is 2.63. The summed E-state index contributed by atoms with van der Waals surface area (Å²) >= 11 is 11.5. The van der Waals surface area contributed by atoms with E-state index in [1.165, 1.54) is 11.1 Å². The molecule has 0 unspecified atom stereocenters. The van der Waals surface area contributed by atoms with E-state index in [1.807, 2.05) is 25.1 Å². The fraction of sp³-hybridized carbons (Fsp3) is 0.235. The molecule has 1 heterocycles. The van der Waals surface area contributed by atoms with Crippen molar-refractivity contribution in [3.8, 4) is 0 Å². The molecule has 0 spiro atoms. The summed E-state index contributed by atoms with van der Waals surface area (Å²) in [5.74, 6) is 0. The molecule has 0 saturated heterocycles. The molecule has 21 heavy (non-hydrogen) atoms. The van der Waals surface area contributed by atoms with Crippen LogP contribution in [0.5, 0.6) is 0 Å². The predicted octanol–water partition coefficient (Wildman–Crippen LogP) is 4.40. The topological polar surface area (TPSA) is 15.3 Å². The van der Waals surface area contributed by atoms with Gasteiger partial charge in [-0.3, -0.25) is 0 Å². The van der Waals surface area contributed by atoms with Gasteiger partial charge in [-0.25, -0.2) is 0 Å². The molecule has 1 aliphatic heterocycles. The maximum absolute atomic E-state index is 5.99. The average Bonchev–Trinajstić information content (AvgIpc) is 2.49. The summed E-state index contributed by atoms with van der Waals surface area (Å²) in [6.45, 7) is 3.85. The third-order valence-electron chi connectivity index (χ3n) is 3.85. The average molecular weight is 317 g/mol. The van der Waals surface area contributed by atoms with Crippen molar-refractivity contribution in [3.05, 3.63) is 64.2 Å². The molecule has 1 aliphatic rings. The van der Waals surface area contributed by atoms with Gasteiger partial charge in [-0.1, -0.05) is 35.9 Å². The van der Waals surface area contributed by atoms with Gasteiger partial charge >= 0.3 is 0 Å². The van der Waals surface area contributed by atoms with Crippen LogP contribution in [0.3, 0.4) is 0 Å². The molecule has 0 aromatic heterocycles. The van der Waals surface area contributed by atoms with Crippen molar-refractivity contribution in [2.24, 2.45) is 0 Å². The quantitative estimate of drug-likeness (QED) is 0.785. The van der Waals surface area contributed by atoms with Crippen LogP contribution in [0, 0.1) is 6.92 Å². The molecule has 4 heteroatoms. The van der Waals surface area contributed by atoms with Crippen LogP contribution < -0.4 is 5.32 Å². The third kappa shape index (κ3) is 3.20.